The summed E-state index contributed by atoms with van der Waals surface area (Å²) in [6.07, 6.45) is 1.96. The first-order valence-electron chi connectivity index (χ1n) is 7.87. The summed E-state index contributed by atoms with van der Waals surface area (Å²) in [7, 11) is -3.58. The molecule has 0 bridgehead atoms. The van der Waals surface area contributed by atoms with Crippen molar-refractivity contribution >= 4 is 21.7 Å². The van der Waals surface area contributed by atoms with Crippen LogP contribution in [0, 0.1) is 5.92 Å². The Kier molecular flexibility index (Phi) is 4.59. The van der Waals surface area contributed by atoms with E-state index in [4.69, 9.17) is 9.84 Å². The number of ether oxygens (including phenoxy) is 1. The van der Waals surface area contributed by atoms with Gasteiger partial charge in [0.05, 0.1) is 30.5 Å². The fourth-order valence-electron chi connectivity index (χ4n) is 3.48. The van der Waals surface area contributed by atoms with Crippen LogP contribution >= 0.6 is 0 Å². The van der Waals surface area contributed by atoms with Crippen LogP contribution in [0.1, 0.15) is 24.8 Å². The van der Waals surface area contributed by atoms with E-state index in [0.717, 1.165) is 18.4 Å². The van der Waals surface area contributed by atoms with Crippen LogP contribution in [0.15, 0.2) is 24.3 Å². The van der Waals surface area contributed by atoms with Crippen LogP contribution in [-0.4, -0.2) is 44.5 Å². The number of fused-ring (bicyclic) bond motifs is 1. The summed E-state index contributed by atoms with van der Waals surface area (Å²) in [5.41, 5.74) is 1.51. The third-order valence-corrected chi connectivity index (χ3v) is 6.41. The highest BCUT2D eigenvalue weighted by molar-refractivity contribution is 7.92. The van der Waals surface area contributed by atoms with Crippen molar-refractivity contribution in [3.05, 3.63) is 29.8 Å². The number of para-hydroxylation sites is 1. The molecular formula is C16H21NO5S. The minimum atomic E-state index is -3.58. The van der Waals surface area contributed by atoms with Crippen molar-refractivity contribution in [1.82, 2.24) is 0 Å². The lowest BCUT2D eigenvalue weighted by molar-refractivity contribution is -0.137. The lowest BCUT2D eigenvalue weighted by Gasteiger charge is -2.29. The molecule has 1 fully saturated rings. The molecule has 1 unspecified atom stereocenters. The molecule has 0 radical (unpaired) electrons. The molecule has 2 aliphatic heterocycles. The van der Waals surface area contributed by atoms with Crippen LogP contribution in [0.4, 0.5) is 5.69 Å². The van der Waals surface area contributed by atoms with Crippen LogP contribution in [0.5, 0.6) is 0 Å². The Balaban J connectivity index is 1.87. The van der Waals surface area contributed by atoms with Gasteiger partial charge in [0, 0.05) is 6.61 Å². The number of sulfonamides is 1. The molecule has 1 saturated heterocycles. The molecule has 126 valence electrons. The Bertz CT molecular complexity index is 681. The van der Waals surface area contributed by atoms with Gasteiger partial charge in [-0.3, -0.25) is 9.10 Å². The maximum atomic E-state index is 12.9. The first kappa shape index (κ1) is 16.3. The molecule has 7 heteroatoms. The van der Waals surface area contributed by atoms with E-state index >= 15 is 0 Å². The minimum Gasteiger partial charge on any atom is -0.481 e. The van der Waals surface area contributed by atoms with Crippen LogP contribution < -0.4 is 4.31 Å². The van der Waals surface area contributed by atoms with Crippen LogP contribution in [0.3, 0.4) is 0 Å². The van der Waals surface area contributed by atoms with Crippen LogP contribution in [0.25, 0.3) is 0 Å². The number of benzene rings is 1. The number of nitrogens with zero attached hydrogens (tertiary/aromatic N) is 1. The fraction of sp³-hybridized carbons (Fsp3) is 0.562. The van der Waals surface area contributed by atoms with E-state index in [0.29, 0.717) is 25.3 Å². The molecule has 0 saturated carbocycles. The molecular weight excluding hydrogens is 318 g/mol. The van der Waals surface area contributed by atoms with Crippen molar-refractivity contribution in [2.45, 2.75) is 31.7 Å². The minimum absolute atomic E-state index is 0.0114. The van der Waals surface area contributed by atoms with E-state index in [1.54, 1.807) is 12.1 Å². The number of carbonyl (C=O) groups is 1. The summed E-state index contributed by atoms with van der Waals surface area (Å²) in [5.74, 6) is -0.992. The molecule has 0 spiro atoms. The molecule has 6 nitrogen and oxygen atoms in total. The van der Waals surface area contributed by atoms with Gasteiger partial charge in [-0.25, -0.2) is 8.42 Å². The van der Waals surface area contributed by atoms with Crippen LogP contribution in [0.2, 0.25) is 0 Å². The van der Waals surface area contributed by atoms with Crippen molar-refractivity contribution < 1.29 is 23.1 Å². The normalized spacial score (nSPS) is 24.4. The smallest absolute Gasteiger partial charge is 0.305 e. The van der Waals surface area contributed by atoms with Crippen molar-refractivity contribution in [3.63, 3.8) is 0 Å². The number of hydrogen-bond donors (Lipinski definition) is 1. The number of rotatable bonds is 5. The molecule has 23 heavy (non-hydrogen) atoms. The predicted octanol–water partition coefficient (Wildman–Crippen LogP) is 1.65. The van der Waals surface area contributed by atoms with E-state index in [9.17, 15) is 13.2 Å². The Morgan fingerprint density at radius 1 is 1.35 bits per heavy atom. The Hall–Kier alpha value is -1.60. The molecule has 2 atom stereocenters. The topological polar surface area (TPSA) is 83.9 Å². The lowest BCUT2D eigenvalue weighted by Crippen LogP contribution is -2.42. The van der Waals surface area contributed by atoms with Crippen LogP contribution in [-0.2, 0) is 26.0 Å². The molecule has 2 heterocycles. The summed E-state index contributed by atoms with van der Waals surface area (Å²) >= 11 is 0. The quantitative estimate of drug-likeness (QED) is 0.882. The predicted molar refractivity (Wildman–Crippen MR) is 86.0 cm³/mol. The Morgan fingerprint density at radius 3 is 2.83 bits per heavy atom. The number of anilines is 1. The van der Waals surface area contributed by atoms with E-state index in [1.807, 2.05) is 12.1 Å². The Labute approximate surface area is 136 Å². The molecule has 1 aromatic rings. The Morgan fingerprint density at radius 2 is 2.13 bits per heavy atom. The van der Waals surface area contributed by atoms with E-state index in [-0.39, 0.29) is 18.1 Å². The van der Waals surface area contributed by atoms with Gasteiger partial charge in [0.1, 0.15) is 0 Å². The maximum Gasteiger partial charge on any atom is 0.305 e. The zero-order chi connectivity index (χ0) is 16.4. The largest absolute Gasteiger partial charge is 0.481 e. The molecule has 0 aromatic heterocycles. The van der Waals surface area contributed by atoms with E-state index in [2.05, 4.69) is 0 Å². The molecule has 3 rings (SSSR count). The van der Waals surface area contributed by atoms with Gasteiger partial charge in [-0.15, -0.1) is 0 Å². The third kappa shape index (κ3) is 3.50. The summed E-state index contributed by atoms with van der Waals surface area (Å²) in [5, 5.41) is 9.12. The van der Waals surface area contributed by atoms with Gasteiger partial charge < -0.3 is 9.84 Å². The van der Waals surface area contributed by atoms with Gasteiger partial charge in [0.2, 0.25) is 10.0 Å². The molecule has 0 amide bonds. The highest BCUT2D eigenvalue weighted by Crippen LogP contribution is 2.36. The van der Waals surface area contributed by atoms with E-state index in [1.165, 1.54) is 4.31 Å². The van der Waals surface area contributed by atoms with Crippen molar-refractivity contribution in [3.8, 4) is 0 Å². The number of carboxylic acids is 1. The van der Waals surface area contributed by atoms with Gasteiger partial charge in [-0.05, 0) is 36.8 Å². The molecule has 1 aromatic carbocycles. The number of carboxylic acid groups (broad SMARTS) is 1. The summed E-state index contributed by atoms with van der Waals surface area (Å²) in [4.78, 5) is 11.1. The first-order valence-corrected chi connectivity index (χ1v) is 9.48. The van der Waals surface area contributed by atoms with Gasteiger partial charge in [-0.2, -0.15) is 0 Å². The second-order valence-electron chi connectivity index (χ2n) is 6.24. The van der Waals surface area contributed by atoms with Gasteiger partial charge in [0.15, 0.2) is 0 Å². The molecule has 1 N–H and O–H groups in total. The zero-order valence-corrected chi connectivity index (χ0v) is 13.7. The highest BCUT2D eigenvalue weighted by atomic mass is 32.2. The average molecular weight is 339 g/mol. The first-order chi connectivity index (χ1) is 11.0. The second-order valence-corrected chi connectivity index (χ2v) is 8.13. The van der Waals surface area contributed by atoms with Crippen molar-refractivity contribution in [2.24, 2.45) is 5.92 Å². The second kappa shape index (κ2) is 6.49. The van der Waals surface area contributed by atoms with Gasteiger partial charge in [-0.1, -0.05) is 18.2 Å². The standard InChI is InChI=1S/C16H21NO5S/c18-16(19)9-14-8-13-5-1-2-6-15(13)17(14)23(20,21)11-12-4-3-7-22-10-12/h1-2,5-6,12,14H,3-4,7-11H2,(H,18,19)/t12?,14-/m0/s1. The monoisotopic (exact) mass is 339 g/mol. The zero-order valence-electron chi connectivity index (χ0n) is 12.8. The SMILES string of the molecule is O=C(O)C[C@@H]1Cc2ccccc2N1S(=O)(=O)CC1CCCOC1. The fourth-order valence-corrected chi connectivity index (χ4v) is 5.58. The number of aliphatic carboxylic acids is 1. The molecule has 2 aliphatic rings. The lowest BCUT2D eigenvalue weighted by atomic mass is 10.1. The van der Waals surface area contributed by atoms with Crippen molar-refractivity contribution in [2.75, 3.05) is 23.3 Å². The average Bonchev–Trinajstić information content (AvgIpc) is 2.85. The number of hydrogen-bond acceptors (Lipinski definition) is 4. The highest BCUT2D eigenvalue weighted by Gasteiger charge is 2.39. The summed E-state index contributed by atoms with van der Waals surface area (Å²) in [6.45, 7) is 1.14. The summed E-state index contributed by atoms with van der Waals surface area (Å²) in [6, 6.07) is 6.71. The van der Waals surface area contributed by atoms with Gasteiger partial charge in [0.25, 0.3) is 0 Å². The third-order valence-electron chi connectivity index (χ3n) is 4.43. The van der Waals surface area contributed by atoms with E-state index < -0.39 is 22.0 Å². The van der Waals surface area contributed by atoms with Crippen molar-refractivity contribution in [1.29, 1.82) is 0 Å². The molecule has 0 aliphatic carbocycles. The summed E-state index contributed by atoms with van der Waals surface area (Å²) < 4.78 is 32.6. The maximum absolute atomic E-state index is 12.9. The van der Waals surface area contributed by atoms with Gasteiger partial charge >= 0.3 is 5.97 Å².